The maximum atomic E-state index is 12.9. The number of ether oxygens (including phenoxy) is 1. The molecule has 2 aromatic carbocycles. The van der Waals surface area contributed by atoms with Crippen LogP contribution in [0.4, 0.5) is 30.2 Å². The van der Waals surface area contributed by atoms with Gasteiger partial charge in [0.2, 0.25) is 0 Å². The van der Waals surface area contributed by atoms with Crippen molar-refractivity contribution in [3.8, 4) is 0 Å². The largest absolute Gasteiger partial charge is 0.461 e. The molecule has 0 atom stereocenters. The number of carbonyl (C=O) groups excluding carboxylic acids is 1. The van der Waals surface area contributed by atoms with Crippen molar-refractivity contribution < 1.29 is 27.6 Å². The van der Waals surface area contributed by atoms with Gasteiger partial charge in [-0.3, -0.25) is 10.1 Å². The Hall–Kier alpha value is -3.56. The number of nitro benzene ring substituents is 1. The van der Waals surface area contributed by atoms with E-state index in [1.165, 1.54) is 30.3 Å². The summed E-state index contributed by atoms with van der Waals surface area (Å²) in [5, 5.41) is 14.4. The van der Waals surface area contributed by atoms with Crippen LogP contribution >= 0.6 is 0 Å². The fraction of sp³-hybridized carbons (Fsp3) is 0.167. The normalized spacial score (nSPS) is 11.4. The number of nitrogens with zero attached hydrogens (tertiary/aromatic N) is 1. The fourth-order valence-electron chi connectivity index (χ4n) is 2.71. The summed E-state index contributed by atoms with van der Waals surface area (Å²) in [6.07, 6.45) is -4.51. The van der Waals surface area contributed by atoms with E-state index >= 15 is 0 Å². The van der Waals surface area contributed by atoms with Crippen LogP contribution in [-0.2, 0) is 10.9 Å². The number of carbonyl (C=O) groups is 1. The first-order valence-corrected chi connectivity index (χ1v) is 8.12. The highest BCUT2D eigenvalue weighted by molar-refractivity contribution is 6.04. The summed E-state index contributed by atoms with van der Waals surface area (Å²) < 4.78 is 43.6. The first-order chi connectivity index (χ1) is 13.2. The Morgan fingerprint density at radius 1 is 1.25 bits per heavy atom. The number of esters is 1. The van der Waals surface area contributed by atoms with Gasteiger partial charge >= 0.3 is 12.1 Å². The lowest BCUT2D eigenvalue weighted by Crippen LogP contribution is -2.05. The molecule has 7 nitrogen and oxygen atoms in total. The number of nitro groups is 1. The van der Waals surface area contributed by atoms with Gasteiger partial charge in [0.15, 0.2) is 0 Å². The Morgan fingerprint density at radius 2 is 2.00 bits per heavy atom. The Balaban J connectivity index is 2.08. The maximum Gasteiger partial charge on any atom is 0.416 e. The first kappa shape index (κ1) is 19.2. The van der Waals surface area contributed by atoms with E-state index in [0.29, 0.717) is 5.69 Å². The molecule has 0 aliphatic heterocycles. The maximum absolute atomic E-state index is 12.9. The second-order valence-corrected chi connectivity index (χ2v) is 5.79. The minimum atomic E-state index is -4.51. The van der Waals surface area contributed by atoms with Crippen LogP contribution < -0.4 is 5.32 Å². The third-order valence-electron chi connectivity index (χ3n) is 3.93. The van der Waals surface area contributed by atoms with Crippen molar-refractivity contribution in [1.82, 2.24) is 4.98 Å². The zero-order chi connectivity index (χ0) is 20.5. The third kappa shape index (κ3) is 3.75. The number of alkyl halides is 3. The van der Waals surface area contributed by atoms with Gasteiger partial charge in [0, 0.05) is 22.8 Å². The molecule has 0 saturated heterocycles. The summed E-state index contributed by atoms with van der Waals surface area (Å²) in [5.41, 5.74) is -0.615. The lowest BCUT2D eigenvalue weighted by Gasteiger charge is -2.11. The zero-order valence-corrected chi connectivity index (χ0v) is 14.5. The molecular formula is C18H14F3N3O4. The second-order valence-electron chi connectivity index (χ2n) is 5.79. The fourth-order valence-corrected chi connectivity index (χ4v) is 2.71. The van der Waals surface area contributed by atoms with E-state index in [1.54, 1.807) is 6.92 Å². The predicted molar refractivity (Wildman–Crippen MR) is 95.6 cm³/mol. The molecule has 0 spiro atoms. The highest BCUT2D eigenvalue weighted by atomic mass is 19.4. The van der Waals surface area contributed by atoms with Gasteiger partial charge in [0.1, 0.15) is 11.2 Å². The van der Waals surface area contributed by atoms with Crippen molar-refractivity contribution in [1.29, 1.82) is 0 Å². The highest BCUT2D eigenvalue weighted by Crippen LogP contribution is 2.35. The summed E-state index contributed by atoms with van der Waals surface area (Å²) in [4.78, 5) is 25.3. The summed E-state index contributed by atoms with van der Waals surface area (Å²) >= 11 is 0. The summed E-state index contributed by atoms with van der Waals surface area (Å²) in [6, 6.07) is 8.46. The van der Waals surface area contributed by atoms with Crippen LogP contribution in [0.5, 0.6) is 0 Å². The number of nitrogens with one attached hydrogen (secondary N) is 2. The van der Waals surface area contributed by atoms with Crippen molar-refractivity contribution in [2.75, 3.05) is 11.9 Å². The highest BCUT2D eigenvalue weighted by Gasteiger charge is 2.30. The number of halogens is 3. The molecule has 146 valence electrons. The van der Waals surface area contributed by atoms with Gasteiger partial charge in [-0.15, -0.1) is 0 Å². The second kappa shape index (κ2) is 7.22. The lowest BCUT2D eigenvalue weighted by atomic mass is 10.1. The molecule has 28 heavy (non-hydrogen) atoms. The van der Waals surface area contributed by atoms with Gasteiger partial charge in [-0.2, -0.15) is 13.2 Å². The number of non-ortho nitro benzene ring substituents is 1. The topological polar surface area (TPSA) is 97.3 Å². The van der Waals surface area contributed by atoms with Crippen LogP contribution in [-0.4, -0.2) is 22.5 Å². The standard InChI is InChI=1S/C18H14F3N3O4/c1-2-28-17(25)14-9-12-13(6-7-15(24(26)27)16(12)23-14)22-11-5-3-4-10(8-11)18(19,20)21/h3-9,22-23H,2H2,1H3. The van der Waals surface area contributed by atoms with Gasteiger partial charge in [-0.25, -0.2) is 4.79 Å². The number of hydrogen-bond acceptors (Lipinski definition) is 5. The van der Waals surface area contributed by atoms with E-state index in [2.05, 4.69) is 10.3 Å². The number of H-pyrrole nitrogens is 1. The van der Waals surface area contributed by atoms with E-state index in [9.17, 15) is 28.1 Å². The van der Waals surface area contributed by atoms with Gasteiger partial charge in [0.25, 0.3) is 5.69 Å². The molecule has 0 aliphatic rings. The van der Waals surface area contributed by atoms with Crippen molar-refractivity contribution in [2.45, 2.75) is 13.1 Å². The van der Waals surface area contributed by atoms with Crippen molar-refractivity contribution in [3.63, 3.8) is 0 Å². The number of hydrogen-bond donors (Lipinski definition) is 2. The number of fused-ring (bicyclic) bond motifs is 1. The van der Waals surface area contributed by atoms with Crippen LogP contribution in [0.3, 0.4) is 0 Å². The van der Waals surface area contributed by atoms with E-state index < -0.39 is 22.6 Å². The summed E-state index contributed by atoms with van der Waals surface area (Å²) in [6.45, 7) is 1.73. The van der Waals surface area contributed by atoms with Crippen molar-refractivity contribution in [2.24, 2.45) is 0 Å². The molecule has 1 heterocycles. The Kier molecular flexibility index (Phi) is 4.95. The molecule has 3 aromatic rings. The monoisotopic (exact) mass is 393 g/mol. The van der Waals surface area contributed by atoms with Gasteiger partial charge < -0.3 is 15.0 Å². The van der Waals surface area contributed by atoms with E-state index in [0.717, 1.165) is 12.1 Å². The molecule has 3 rings (SSSR count). The molecule has 0 amide bonds. The zero-order valence-electron chi connectivity index (χ0n) is 14.5. The number of benzene rings is 2. The van der Waals surface area contributed by atoms with Crippen LogP contribution in [0.15, 0.2) is 42.5 Å². The van der Waals surface area contributed by atoms with Crippen molar-refractivity contribution in [3.05, 3.63) is 63.8 Å². The van der Waals surface area contributed by atoms with Crippen LogP contribution in [0, 0.1) is 10.1 Å². The van der Waals surface area contributed by atoms with Gasteiger partial charge in [0.05, 0.1) is 17.1 Å². The average Bonchev–Trinajstić information content (AvgIpc) is 3.07. The SMILES string of the molecule is CCOC(=O)c1cc2c(Nc3cccc(C(F)(F)F)c3)ccc([N+](=O)[O-])c2[nH]1. The Morgan fingerprint density at radius 3 is 2.64 bits per heavy atom. The number of aromatic amines is 1. The number of rotatable bonds is 5. The van der Waals surface area contributed by atoms with Gasteiger partial charge in [-0.1, -0.05) is 6.07 Å². The summed E-state index contributed by atoms with van der Waals surface area (Å²) in [7, 11) is 0. The molecule has 10 heteroatoms. The smallest absolute Gasteiger partial charge is 0.416 e. The molecule has 0 unspecified atom stereocenters. The molecular weight excluding hydrogens is 379 g/mol. The molecule has 0 saturated carbocycles. The quantitative estimate of drug-likeness (QED) is 0.361. The molecule has 0 radical (unpaired) electrons. The first-order valence-electron chi connectivity index (χ1n) is 8.12. The van der Waals surface area contributed by atoms with E-state index in [4.69, 9.17) is 4.74 Å². The van der Waals surface area contributed by atoms with E-state index in [-0.39, 0.29) is 34.6 Å². The molecule has 1 aromatic heterocycles. The van der Waals surface area contributed by atoms with Gasteiger partial charge in [-0.05, 0) is 37.3 Å². The third-order valence-corrected chi connectivity index (χ3v) is 3.93. The lowest BCUT2D eigenvalue weighted by molar-refractivity contribution is -0.383. The Labute approximate surface area is 156 Å². The van der Waals surface area contributed by atoms with Crippen molar-refractivity contribution >= 4 is 33.9 Å². The van der Waals surface area contributed by atoms with Crippen LogP contribution in [0.1, 0.15) is 23.0 Å². The number of anilines is 2. The number of aromatic nitrogens is 1. The molecule has 0 fully saturated rings. The van der Waals surface area contributed by atoms with Crippen LogP contribution in [0.25, 0.3) is 10.9 Å². The Bertz CT molecular complexity index is 1060. The summed E-state index contributed by atoms with van der Waals surface area (Å²) in [5.74, 6) is -0.696. The minimum Gasteiger partial charge on any atom is -0.461 e. The molecule has 0 aliphatic carbocycles. The molecule has 0 bridgehead atoms. The minimum absolute atomic E-state index is 0.00163. The van der Waals surface area contributed by atoms with Crippen LogP contribution in [0.2, 0.25) is 0 Å². The predicted octanol–water partition coefficient (Wildman–Crippen LogP) is 5.02. The van der Waals surface area contributed by atoms with E-state index in [1.807, 2.05) is 0 Å². The average molecular weight is 393 g/mol. The molecule has 2 N–H and O–H groups in total.